The van der Waals surface area contributed by atoms with Crippen LogP contribution in [-0.4, -0.2) is 33.8 Å². The van der Waals surface area contributed by atoms with Crippen molar-refractivity contribution in [2.45, 2.75) is 13.8 Å². The molecule has 0 aliphatic carbocycles. The fraction of sp³-hybridized carbons (Fsp3) is 0.545. The first kappa shape index (κ1) is 15.5. The van der Waals surface area contributed by atoms with Crippen LogP contribution in [0.3, 0.4) is 0 Å². The number of nitrogens with zero attached hydrogens (tertiary/aromatic N) is 1. The SMILES string of the molecule is CCNc1nc(NCCS(=O)CC)c(Cl)cc1Cl. The molecule has 102 valence electrons. The van der Waals surface area contributed by atoms with E-state index in [4.69, 9.17) is 23.2 Å². The van der Waals surface area contributed by atoms with Crippen LogP contribution < -0.4 is 10.6 Å². The van der Waals surface area contributed by atoms with E-state index in [1.54, 1.807) is 6.07 Å². The summed E-state index contributed by atoms with van der Waals surface area (Å²) in [6.45, 7) is 5.16. The predicted octanol–water partition coefficient (Wildman–Crippen LogP) is 3.00. The fourth-order valence-corrected chi connectivity index (χ4v) is 2.42. The largest absolute Gasteiger partial charge is 0.369 e. The molecule has 0 saturated heterocycles. The Kier molecular flexibility index (Phi) is 6.75. The zero-order valence-corrected chi connectivity index (χ0v) is 12.8. The van der Waals surface area contributed by atoms with Crippen molar-refractivity contribution in [3.63, 3.8) is 0 Å². The Morgan fingerprint density at radius 1 is 1.22 bits per heavy atom. The first-order valence-corrected chi connectivity index (χ1v) is 8.01. The van der Waals surface area contributed by atoms with Gasteiger partial charge in [0.1, 0.15) is 11.6 Å². The maximum absolute atomic E-state index is 11.3. The summed E-state index contributed by atoms with van der Waals surface area (Å²) in [5.74, 6) is 2.40. The molecule has 0 bridgehead atoms. The molecule has 18 heavy (non-hydrogen) atoms. The van der Waals surface area contributed by atoms with E-state index < -0.39 is 10.8 Å². The van der Waals surface area contributed by atoms with Gasteiger partial charge in [-0.3, -0.25) is 4.21 Å². The Labute approximate surface area is 120 Å². The van der Waals surface area contributed by atoms with E-state index in [1.165, 1.54) is 0 Å². The third kappa shape index (κ3) is 4.63. The molecule has 0 fully saturated rings. The second kappa shape index (κ2) is 7.81. The lowest BCUT2D eigenvalue weighted by molar-refractivity contribution is 0.684. The highest BCUT2D eigenvalue weighted by molar-refractivity contribution is 7.84. The minimum Gasteiger partial charge on any atom is -0.369 e. The minimum atomic E-state index is -0.795. The van der Waals surface area contributed by atoms with Crippen LogP contribution in [0.4, 0.5) is 11.6 Å². The maximum Gasteiger partial charge on any atom is 0.147 e. The number of nitrogens with one attached hydrogen (secondary N) is 2. The van der Waals surface area contributed by atoms with Gasteiger partial charge >= 0.3 is 0 Å². The molecule has 0 radical (unpaired) electrons. The summed E-state index contributed by atoms with van der Waals surface area (Å²) >= 11 is 12.0. The standard InChI is InChI=1S/C11H17Cl2N3OS/c1-3-14-10-8(12)7-9(13)11(16-10)15-5-6-18(17)4-2/h7H,3-6H2,1-2H3,(H2,14,15,16). The molecule has 1 aromatic heterocycles. The molecular weight excluding hydrogens is 293 g/mol. The van der Waals surface area contributed by atoms with Gasteiger partial charge < -0.3 is 10.6 Å². The van der Waals surface area contributed by atoms with E-state index in [1.807, 2.05) is 13.8 Å². The Bertz CT molecular complexity index is 429. The van der Waals surface area contributed by atoms with Gasteiger partial charge in [-0.25, -0.2) is 4.98 Å². The highest BCUT2D eigenvalue weighted by Crippen LogP contribution is 2.28. The predicted molar refractivity (Wildman–Crippen MR) is 80.5 cm³/mol. The topological polar surface area (TPSA) is 54.0 Å². The fourth-order valence-electron chi connectivity index (χ4n) is 1.31. The summed E-state index contributed by atoms with van der Waals surface area (Å²) in [5, 5.41) is 7.07. The third-order valence-corrected chi connectivity index (χ3v) is 4.10. The van der Waals surface area contributed by atoms with Crippen LogP contribution in [0.5, 0.6) is 0 Å². The Morgan fingerprint density at radius 3 is 2.39 bits per heavy atom. The molecule has 0 amide bonds. The number of hydrogen-bond acceptors (Lipinski definition) is 4. The van der Waals surface area contributed by atoms with Gasteiger partial charge in [-0.2, -0.15) is 0 Å². The quantitative estimate of drug-likeness (QED) is 0.813. The van der Waals surface area contributed by atoms with Crippen molar-refractivity contribution in [1.82, 2.24) is 4.98 Å². The molecule has 1 atom stereocenters. The molecule has 0 aliphatic heterocycles. The molecule has 1 unspecified atom stereocenters. The average Bonchev–Trinajstić information content (AvgIpc) is 2.34. The van der Waals surface area contributed by atoms with Crippen LogP contribution in [0.15, 0.2) is 6.07 Å². The monoisotopic (exact) mass is 309 g/mol. The normalized spacial score (nSPS) is 12.2. The molecule has 4 nitrogen and oxygen atoms in total. The van der Waals surface area contributed by atoms with Gasteiger partial charge in [0, 0.05) is 35.4 Å². The van der Waals surface area contributed by atoms with Crippen molar-refractivity contribution in [3.8, 4) is 0 Å². The molecule has 1 rings (SSSR count). The summed E-state index contributed by atoms with van der Waals surface area (Å²) < 4.78 is 11.3. The van der Waals surface area contributed by atoms with Gasteiger partial charge in [-0.1, -0.05) is 30.1 Å². The molecular formula is C11H17Cl2N3OS. The lowest BCUT2D eigenvalue weighted by atomic mass is 10.4. The number of rotatable bonds is 7. The summed E-state index contributed by atoms with van der Waals surface area (Å²) in [6.07, 6.45) is 0. The molecule has 0 aromatic carbocycles. The van der Waals surface area contributed by atoms with Crippen LogP contribution in [-0.2, 0) is 10.8 Å². The van der Waals surface area contributed by atoms with Crippen molar-refractivity contribution >= 4 is 45.6 Å². The van der Waals surface area contributed by atoms with Crippen molar-refractivity contribution < 1.29 is 4.21 Å². The van der Waals surface area contributed by atoms with Crippen LogP contribution in [0.2, 0.25) is 10.0 Å². The van der Waals surface area contributed by atoms with Gasteiger partial charge in [-0.05, 0) is 13.0 Å². The number of pyridine rings is 1. The van der Waals surface area contributed by atoms with E-state index in [2.05, 4.69) is 15.6 Å². The Hall–Kier alpha value is -0.520. The zero-order chi connectivity index (χ0) is 13.5. The summed E-state index contributed by atoms with van der Waals surface area (Å²) in [4.78, 5) is 4.30. The minimum absolute atomic E-state index is 0.462. The molecule has 0 spiro atoms. The van der Waals surface area contributed by atoms with Crippen LogP contribution in [0.1, 0.15) is 13.8 Å². The van der Waals surface area contributed by atoms with Crippen molar-refractivity contribution in [2.75, 3.05) is 35.2 Å². The average molecular weight is 310 g/mol. The van der Waals surface area contributed by atoms with Gasteiger partial charge in [-0.15, -0.1) is 0 Å². The van der Waals surface area contributed by atoms with Gasteiger partial charge in [0.05, 0.1) is 10.0 Å². The van der Waals surface area contributed by atoms with E-state index >= 15 is 0 Å². The van der Waals surface area contributed by atoms with E-state index in [0.29, 0.717) is 39.7 Å². The lowest BCUT2D eigenvalue weighted by Gasteiger charge is -2.11. The van der Waals surface area contributed by atoms with E-state index in [-0.39, 0.29) is 0 Å². The smallest absolute Gasteiger partial charge is 0.147 e. The Balaban J connectivity index is 2.69. The van der Waals surface area contributed by atoms with Crippen LogP contribution in [0, 0.1) is 0 Å². The lowest BCUT2D eigenvalue weighted by Crippen LogP contribution is -2.13. The van der Waals surface area contributed by atoms with Crippen molar-refractivity contribution in [2.24, 2.45) is 0 Å². The summed E-state index contributed by atoms with van der Waals surface area (Å²) in [5.41, 5.74) is 0. The number of halogens is 2. The number of hydrogen-bond donors (Lipinski definition) is 2. The zero-order valence-electron chi connectivity index (χ0n) is 10.4. The van der Waals surface area contributed by atoms with Crippen LogP contribution in [0.25, 0.3) is 0 Å². The molecule has 7 heteroatoms. The van der Waals surface area contributed by atoms with E-state index in [0.717, 1.165) is 6.54 Å². The summed E-state index contributed by atoms with van der Waals surface area (Å²) in [6, 6.07) is 1.65. The van der Waals surface area contributed by atoms with Gasteiger partial charge in [0.15, 0.2) is 0 Å². The first-order chi connectivity index (χ1) is 8.58. The molecule has 0 saturated carbocycles. The highest BCUT2D eigenvalue weighted by Gasteiger charge is 2.08. The Morgan fingerprint density at radius 2 is 1.83 bits per heavy atom. The maximum atomic E-state index is 11.3. The van der Waals surface area contributed by atoms with Gasteiger partial charge in [0.25, 0.3) is 0 Å². The molecule has 0 aliphatic rings. The highest BCUT2D eigenvalue weighted by atomic mass is 35.5. The molecule has 1 heterocycles. The molecule has 2 N–H and O–H groups in total. The summed E-state index contributed by atoms with van der Waals surface area (Å²) in [7, 11) is -0.795. The van der Waals surface area contributed by atoms with Gasteiger partial charge in [0.2, 0.25) is 0 Å². The second-order valence-electron chi connectivity index (χ2n) is 3.54. The first-order valence-electron chi connectivity index (χ1n) is 5.77. The van der Waals surface area contributed by atoms with E-state index in [9.17, 15) is 4.21 Å². The van der Waals surface area contributed by atoms with Crippen molar-refractivity contribution in [3.05, 3.63) is 16.1 Å². The second-order valence-corrected chi connectivity index (χ2v) is 6.22. The number of aromatic nitrogens is 1. The van der Waals surface area contributed by atoms with Crippen LogP contribution >= 0.6 is 23.2 Å². The number of anilines is 2. The van der Waals surface area contributed by atoms with Crippen molar-refractivity contribution in [1.29, 1.82) is 0 Å². The third-order valence-electron chi connectivity index (χ3n) is 2.22. The molecule has 1 aromatic rings.